The van der Waals surface area contributed by atoms with Crippen molar-refractivity contribution in [2.45, 2.75) is 26.2 Å². The Morgan fingerprint density at radius 1 is 1.27 bits per heavy atom. The molecular weight excluding hydrogens is 348 g/mol. The Labute approximate surface area is 160 Å². The number of hydrogen-bond acceptors (Lipinski definition) is 5. The van der Waals surface area contributed by atoms with E-state index in [1.54, 1.807) is 0 Å². The van der Waals surface area contributed by atoms with E-state index in [2.05, 4.69) is 29.1 Å². The lowest BCUT2D eigenvalue weighted by Crippen LogP contribution is -2.58. The molecule has 0 radical (unpaired) electrons. The van der Waals surface area contributed by atoms with Gasteiger partial charge in [-0.3, -0.25) is 19.5 Å². The van der Waals surface area contributed by atoms with Crippen molar-refractivity contribution in [2.75, 3.05) is 32.1 Å². The Hall–Kier alpha value is -2.12. The highest BCUT2D eigenvalue weighted by Gasteiger charge is 2.38. The smallest absolute Gasteiger partial charge is 0.251 e. The molecule has 2 rings (SSSR count). The minimum absolute atomic E-state index is 0.106. The molecule has 0 spiro atoms. The molecule has 1 aromatic rings. The number of benzene rings is 1. The molecule has 0 saturated carbocycles. The molecule has 26 heavy (non-hydrogen) atoms. The van der Waals surface area contributed by atoms with Crippen molar-refractivity contribution in [2.24, 2.45) is 10.9 Å². The topological polar surface area (TPSA) is 65.0 Å². The van der Waals surface area contributed by atoms with Crippen LogP contribution in [0.2, 0.25) is 0 Å². The molecule has 6 nitrogen and oxygen atoms in total. The zero-order valence-electron chi connectivity index (χ0n) is 15.7. The van der Waals surface area contributed by atoms with Crippen LogP contribution >= 0.6 is 12.2 Å². The zero-order chi connectivity index (χ0) is 19.3. The molecule has 1 aliphatic heterocycles. The van der Waals surface area contributed by atoms with E-state index in [0.29, 0.717) is 18.2 Å². The van der Waals surface area contributed by atoms with Gasteiger partial charge in [0.25, 0.3) is 5.91 Å². The molecule has 0 unspecified atom stereocenters. The van der Waals surface area contributed by atoms with Crippen LogP contribution in [-0.2, 0) is 9.59 Å². The van der Waals surface area contributed by atoms with Gasteiger partial charge in [0.1, 0.15) is 0 Å². The van der Waals surface area contributed by atoms with Crippen LogP contribution in [-0.4, -0.2) is 55.2 Å². The number of aliphatic imine (C=N–C) groups is 1. The second-order valence-electron chi connectivity index (χ2n) is 6.90. The molecule has 1 saturated heterocycles. The molecule has 7 heteroatoms. The van der Waals surface area contributed by atoms with E-state index in [9.17, 15) is 9.59 Å². The first-order valence-corrected chi connectivity index (χ1v) is 9.15. The van der Waals surface area contributed by atoms with Crippen LogP contribution in [0.4, 0.5) is 5.69 Å². The van der Waals surface area contributed by atoms with Crippen molar-refractivity contribution in [3.05, 3.63) is 29.8 Å². The average Bonchev–Trinajstić information content (AvgIpc) is 2.57. The molecule has 140 valence electrons. The monoisotopic (exact) mass is 374 g/mol. The molecule has 1 heterocycles. The predicted octanol–water partition coefficient (Wildman–Crippen LogP) is 2.20. The van der Waals surface area contributed by atoms with Crippen LogP contribution in [0.15, 0.2) is 29.3 Å². The summed E-state index contributed by atoms with van der Waals surface area (Å²) in [5, 5.41) is 2.71. The van der Waals surface area contributed by atoms with Gasteiger partial charge in [0.15, 0.2) is 11.0 Å². The highest BCUT2D eigenvalue weighted by atomic mass is 32.1. The number of carbonyl (C=O) groups is 2. The van der Waals surface area contributed by atoms with Gasteiger partial charge in [0.2, 0.25) is 5.91 Å². The average molecular weight is 375 g/mol. The molecule has 1 atom stereocenters. The minimum atomic E-state index is -0.953. The number of carbonyl (C=O) groups excluding carboxylic acids is 2. The molecule has 1 aromatic carbocycles. The molecular formula is C19H26N4O2S. The van der Waals surface area contributed by atoms with Crippen molar-refractivity contribution >= 4 is 41.0 Å². The molecule has 0 aromatic heterocycles. The molecule has 1 aliphatic rings. The molecule has 0 aliphatic carbocycles. The number of anilines is 1. The number of rotatable bonds is 7. The Kier molecular flexibility index (Phi) is 6.99. The summed E-state index contributed by atoms with van der Waals surface area (Å²) < 4.78 is 0. The van der Waals surface area contributed by atoms with Gasteiger partial charge in [-0.15, -0.1) is 0 Å². The van der Waals surface area contributed by atoms with Gasteiger partial charge in [0, 0.05) is 12.8 Å². The summed E-state index contributed by atoms with van der Waals surface area (Å²) in [5.74, 6) is -1.35. The molecule has 1 fully saturated rings. The van der Waals surface area contributed by atoms with Crippen LogP contribution in [0.25, 0.3) is 0 Å². The van der Waals surface area contributed by atoms with E-state index < -0.39 is 11.8 Å². The van der Waals surface area contributed by atoms with Gasteiger partial charge in [-0.25, -0.2) is 0 Å². The summed E-state index contributed by atoms with van der Waals surface area (Å²) in [6.45, 7) is 5.69. The second kappa shape index (κ2) is 9.00. The normalized spacial score (nSPS) is 18.3. The predicted molar refractivity (Wildman–Crippen MR) is 109 cm³/mol. The second-order valence-corrected chi connectivity index (χ2v) is 7.29. The van der Waals surface area contributed by atoms with Crippen LogP contribution in [0, 0.1) is 5.92 Å². The van der Waals surface area contributed by atoms with Gasteiger partial charge in [0.05, 0.1) is 5.69 Å². The lowest BCUT2D eigenvalue weighted by molar-refractivity contribution is -0.130. The Morgan fingerprint density at radius 3 is 2.50 bits per heavy atom. The van der Waals surface area contributed by atoms with Gasteiger partial charge < -0.3 is 10.2 Å². The van der Waals surface area contributed by atoms with E-state index in [0.717, 1.165) is 13.0 Å². The highest BCUT2D eigenvalue weighted by molar-refractivity contribution is 7.80. The van der Waals surface area contributed by atoms with Crippen LogP contribution in [0.1, 0.15) is 31.7 Å². The van der Waals surface area contributed by atoms with Crippen molar-refractivity contribution in [3.63, 3.8) is 0 Å². The number of nitrogens with one attached hydrogen (secondary N) is 1. The molecule has 2 amide bonds. The number of nitrogens with zero attached hydrogens (tertiary/aromatic N) is 3. The third-order valence-corrected chi connectivity index (χ3v) is 4.45. The fourth-order valence-electron chi connectivity index (χ4n) is 2.63. The molecule has 1 N–H and O–H groups in total. The highest BCUT2D eigenvalue weighted by Crippen LogP contribution is 2.23. The van der Waals surface area contributed by atoms with Crippen LogP contribution in [0.5, 0.6) is 0 Å². The largest absolute Gasteiger partial charge is 0.309 e. The summed E-state index contributed by atoms with van der Waals surface area (Å²) in [6, 6.07) is 7.64. The van der Waals surface area contributed by atoms with E-state index in [4.69, 9.17) is 12.2 Å². The van der Waals surface area contributed by atoms with E-state index >= 15 is 0 Å². The van der Waals surface area contributed by atoms with Crippen LogP contribution < -0.4 is 10.2 Å². The maximum absolute atomic E-state index is 12.8. The fourth-order valence-corrected chi connectivity index (χ4v) is 2.93. The van der Waals surface area contributed by atoms with Gasteiger partial charge in [-0.2, -0.15) is 0 Å². The van der Waals surface area contributed by atoms with Crippen molar-refractivity contribution in [1.82, 2.24) is 10.2 Å². The van der Waals surface area contributed by atoms with E-state index in [-0.39, 0.29) is 11.0 Å². The summed E-state index contributed by atoms with van der Waals surface area (Å²) >= 11 is 5.21. The van der Waals surface area contributed by atoms with Crippen molar-refractivity contribution < 1.29 is 9.59 Å². The van der Waals surface area contributed by atoms with Crippen molar-refractivity contribution in [3.8, 4) is 0 Å². The number of thiocarbonyl (C=S) groups is 1. The summed E-state index contributed by atoms with van der Waals surface area (Å²) in [4.78, 5) is 32.7. The Bertz CT molecular complexity index is 698. The van der Waals surface area contributed by atoms with E-state index in [1.807, 2.05) is 38.4 Å². The van der Waals surface area contributed by atoms with Crippen LogP contribution in [0.3, 0.4) is 0 Å². The Balaban J connectivity index is 2.12. The first-order chi connectivity index (χ1) is 12.3. The standard InChI is InChI=1S/C19H26N4O2S/c1-13(2)14-6-8-15(9-7-14)23-18(25)16(17(24)21-19(23)26)12-20-10-5-11-22(3)4/h6-9,12-13,16H,5,10-11H2,1-4H3,(H,21,24,26)/t16-/m1/s1. The lowest BCUT2D eigenvalue weighted by Gasteiger charge is -2.31. The summed E-state index contributed by atoms with van der Waals surface area (Å²) in [6.07, 6.45) is 2.30. The first-order valence-electron chi connectivity index (χ1n) is 8.74. The minimum Gasteiger partial charge on any atom is -0.309 e. The van der Waals surface area contributed by atoms with Gasteiger partial charge in [-0.1, -0.05) is 26.0 Å². The third kappa shape index (κ3) is 4.95. The number of hydrogen-bond donors (Lipinski definition) is 1. The van der Waals surface area contributed by atoms with Gasteiger partial charge in [-0.05, 0) is 62.9 Å². The summed E-state index contributed by atoms with van der Waals surface area (Å²) in [7, 11) is 3.98. The lowest BCUT2D eigenvalue weighted by atomic mass is 10.0. The molecule has 0 bridgehead atoms. The number of amides is 2. The van der Waals surface area contributed by atoms with Gasteiger partial charge >= 0.3 is 0 Å². The maximum atomic E-state index is 12.8. The fraction of sp³-hybridized carbons (Fsp3) is 0.474. The quantitative estimate of drug-likeness (QED) is 0.344. The Morgan fingerprint density at radius 2 is 1.92 bits per heavy atom. The van der Waals surface area contributed by atoms with Crippen molar-refractivity contribution in [1.29, 1.82) is 0 Å². The third-order valence-electron chi connectivity index (χ3n) is 4.17. The SMILES string of the molecule is CC(C)c1ccc(N2C(=O)[C@H](C=NCCCN(C)C)C(=O)NC2=S)cc1. The zero-order valence-corrected chi connectivity index (χ0v) is 16.5. The first kappa shape index (κ1) is 20.2. The summed E-state index contributed by atoms with van der Waals surface area (Å²) in [5.41, 5.74) is 1.82. The maximum Gasteiger partial charge on any atom is 0.251 e. The van der Waals surface area contributed by atoms with E-state index in [1.165, 1.54) is 16.7 Å².